The Morgan fingerprint density at radius 1 is 1.24 bits per heavy atom. The van der Waals surface area contributed by atoms with Crippen LogP contribution in [0.3, 0.4) is 0 Å². The van der Waals surface area contributed by atoms with E-state index in [-0.39, 0.29) is 11.9 Å². The molecular weight excluding hydrogens is 340 g/mol. The van der Waals surface area contributed by atoms with Crippen molar-refractivity contribution < 1.29 is 5.11 Å². The Hall–Kier alpha value is -2.38. The summed E-state index contributed by atoms with van der Waals surface area (Å²) in [5, 5.41) is 9.91. The second kappa shape index (κ2) is 6.16. The van der Waals surface area contributed by atoms with E-state index in [9.17, 15) is 5.11 Å². The maximum Gasteiger partial charge on any atom is 0.178 e. The molecule has 2 heterocycles. The lowest BCUT2D eigenvalue weighted by Gasteiger charge is -2.37. The summed E-state index contributed by atoms with van der Waals surface area (Å²) in [6.45, 7) is 1.01. The molecule has 1 aromatic carbocycles. The Kier molecular flexibility index (Phi) is 3.97. The van der Waals surface area contributed by atoms with Crippen molar-refractivity contribution in [3.8, 4) is 0 Å². The number of halogens is 1. The van der Waals surface area contributed by atoms with Gasteiger partial charge in [-0.15, -0.1) is 0 Å². The number of rotatable bonds is 4. The summed E-state index contributed by atoms with van der Waals surface area (Å²) in [6, 6.07) is 7.25. The van der Waals surface area contributed by atoms with Gasteiger partial charge in [-0.2, -0.15) is 0 Å². The number of anilines is 2. The summed E-state index contributed by atoms with van der Waals surface area (Å²) in [7, 11) is 0. The topological polar surface area (TPSA) is 114 Å². The van der Waals surface area contributed by atoms with Gasteiger partial charge in [-0.3, -0.25) is 0 Å². The first kappa shape index (κ1) is 16.1. The number of para-hydroxylation sites is 1. The second-order valence-electron chi connectivity index (χ2n) is 6.46. The minimum absolute atomic E-state index is 0.259. The van der Waals surface area contributed by atoms with Crippen LogP contribution in [0.25, 0.3) is 0 Å². The van der Waals surface area contributed by atoms with Gasteiger partial charge in [0, 0.05) is 30.3 Å². The molecule has 25 heavy (non-hydrogen) atoms. The number of hydrogen-bond acceptors (Lipinski definition) is 6. The van der Waals surface area contributed by atoms with Crippen LogP contribution < -0.4 is 16.4 Å². The predicted molar refractivity (Wildman–Crippen MR) is 98.5 cm³/mol. The van der Waals surface area contributed by atoms with Gasteiger partial charge in [0.1, 0.15) is 16.7 Å². The number of nitrogen functional groups attached to an aromatic ring is 1. The Balaban J connectivity index is 1.75. The molecule has 2 fully saturated rings. The number of aliphatic hydroxyl groups is 1. The van der Waals surface area contributed by atoms with Crippen molar-refractivity contribution in [1.29, 1.82) is 0 Å². The number of β-amino-alcohol motifs (C(OH)–C–C–N with tert-alkyl or cyclic N) is 1. The van der Waals surface area contributed by atoms with Gasteiger partial charge in [0.15, 0.2) is 11.6 Å². The first-order chi connectivity index (χ1) is 12.0. The average Bonchev–Trinajstić information content (AvgIpc) is 3.39. The quantitative estimate of drug-likeness (QED) is 0.436. The van der Waals surface area contributed by atoms with Crippen molar-refractivity contribution in [3.63, 3.8) is 0 Å². The maximum atomic E-state index is 9.57. The number of nitrogens with zero attached hydrogens (tertiary/aromatic N) is 4. The fourth-order valence-corrected chi connectivity index (χ4v) is 3.03. The molecule has 1 saturated heterocycles. The zero-order chi connectivity index (χ0) is 17.6. The Bertz CT molecular complexity index is 845. The number of hydrogen-bond donors (Lipinski definition) is 3. The number of nitrogens with two attached hydrogens (primary N) is 2. The van der Waals surface area contributed by atoms with Crippen LogP contribution in [0.4, 0.5) is 17.3 Å². The molecule has 2 aromatic rings. The standard InChI is InChI=1S/C17H19ClN6O/c18-13-16(21-14(20)11-3-1-2-4-12(11)19)22-15(9-5-6-9)23-17(13)24-7-10(25)8-24/h1-4,9-10,25H,5-8,19H2,(H2,20,21,22,23). The average molecular weight is 359 g/mol. The smallest absolute Gasteiger partial charge is 0.178 e. The molecule has 1 aliphatic heterocycles. The summed E-state index contributed by atoms with van der Waals surface area (Å²) in [5.74, 6) is 2.29. The van der Waals surface area contributed by atoms with Gasteiger partial charge >= 0.3 is 0 Å². The Labute approximate surface area is 150 Å². The molecule has 5 N–H and O–H groups in total. The van der Waals surface area contributed by atoms with E-state index in [1.165, 1.54) is 0 Å². The molecule has 8 heteroatoms. The fourth-order valence-electron chi connectivity index (χ4n) is 2.78. The number of aliphatic hydroxyl groups excluding tert-OH is 1. The molecule has 0 bridgehead atoms. The number of aromatic nitrogens is 2. The van der Waals surface area contributed by atoms with E-state index >= 15 is 0 Å². The SMILES string of the molecule is N/C(=N\c1nc(C2CC2)nc(N2CC(O)C2)c1Cl)c1ccccc1N. The van der Waals surface area contributed by atoms with Gasteiger partial charge in [0.2, 0.25) is 0 Å². The lowest BCUT2D eigenvalue weighted by atomic mass is 10.1. The fraction of sp³-hybridized carbons (Fsp3) is 0.353. The largest absolute Gasteiger partial charge is 0.398 e. The normalized spacial score (nSPS) is 18.3. The van der Waals surface area contributed by atoms with Gasteiger partial charge in [0.05, 0.1) is 6.10 Å². The van der Waals surface area contributed by atoms with Crippen LogP contribution >= 0.6 is 11.6 Å². The third kappa shape index (κ3) is 3.12. The molecular formula is C17H19ClN6O. The summed E-state index contributed by atoms with van der Waals surface area (Å²) in [6.07, 6.45) is 1.78. The van der Waals surface area contributed by atoms with Crippen molar-refractivity contribution in [1.82, 2.24) is 9.97 Å². The molecule has 0 amide bonds. The lowest BCUT2D eigenvalue weighted by molar-refractivity contribution is 0.141. The van der Waals surface area contributed by atoms with Crippen LogP contribution in [0.15, 0.2) is 29.3 Å². The Morgan fingerprint density at radius 3 is 2.60 bits per heavy atom. The van der Waals surface area contributed by atoms with Crippen LogP contribution in [0, 0.1) is 0 Å². The third-order valence-corrected chi connectivity index (χ3v) is 4.74. The molecule has 1 saturated carbocycles. The monoisotopic (exact) mass is 358 g/mol. The summed E-state index contributed by atoms with van der Waals surface area (Å²) >= 11 is 6.49. The molecule has 1 aliphatic carbocycles. The van der Waals surface area contributed by atoms with Crippen LogP contribution in [0.1, 0.15) is 30.1 Å². The van der Waals surface area contributed by atoms with Crippen LogP contribution in [-0.4, -0.2) is 40.1 Å². The van der Waals surface area contributed by atoms with Crippen LogP contribution in [0.5, 0.6) is 0 Å². The van der Waals surface area contributed by atoms with E-state index in [0.29, 0.717) is 46.9 Å². The van der Waals surface area contributed by atoms with Gasteiger partial charge in [-0.25, -0.2) is 15.0 Å². The third-order valence-electron chi connectivity index (χ3n) is 4.40. The van der Waals surface area contributed by atoms with Crippen molar-refractivity contribution in [2.75, 3.05) is 23.7 Å². The number of benzene rings is 1. The highest BCUT2D eigenvalue weighted by molar-refractivity contribution is 6.35. The van der Waals surface area contributed by atoms with E-state index in [0.717, 1.165) is 18.7 Å². The second-order valence-corrected chi connectivity index (χ2v) is 6.84. The molecule has 2 aliphatic rings. The molecule has 7 nitrogen and oxygen atoms in total. The molecule has 0 atom stereocenters. The molecule has 0 spiro atoms. The van der Waals surface area contributed by atoms with E-state index < -0.39 is 0 Å². The summed E-state index contributed by atoms with van der Waals surface area (Å²) in [4.78, 5) is 15.4. The molecule has 0 radical (unpaired) electrons. The molecule has 130 valence electrons. The Morgan fingerprint density at radius 2 is 1.96 bits per heavy atom. The molecule has 1 aromatic heterocycles. The molecule has 4 rings (SSSR count). The lowest BCUT2D eigenvalue weighted by Crippen LogP contribution is -2.51. The van der Waals surface area contributed by atoms with Gasteiger partial charge in [0.25, 0.3) is 0 Å². The van der Waals surface area contributed by atoms with Crippen LogP contribution in [0.2, 0.25) is 5.02 Å². The minimum atomic E-state index is -0.350. The van der Waals surface area contributed by atoms with Crippen molar-refractivity contribution in [2.24, 2.45) is 10.7 Å². The first-order valence-electron chi connectivity index (χ1n) is 8.22. The minimum Gasteiger partial charge on any atom is -0.398 e. The summed E-state index contributed by atoms with van der Waals surface area (Å²) < 4.78 is 0. The van der Waals surface area contributed by atoms with Crippen LogP contribution in [-0.2, 0) is 0 Å². The van der Waals surface area contributed by atoms with E-state index in [2.05, 4.69) is 15.0 Å². The highest BCUT2D eigenvalue weighted by atomic mass is 35.5. The highest BCUT2D eigenvalue weighted by Crippen LogP contribution is 2.42. The van der Waals surface area contributed by atoms with E-state index in [4.69, 9.17) is 23.1 Å². The zero-order valence-electron chi connectivity index (χ0n) is 13.6. The molecule has 0 unspecified atom stereocenters. The van der Waals surface area contributed by atoms with Crippen molar-refractivity contribution in [2.45, 2.75) is 24.9 Å². The highest BCUT2D eigenvalue weighted by Gasteiger charge is 2.33. The first-order valence-corrected chi connectivity index (χ1v) is 8.60. The zero-order valence-corrected chi connectivity index (χ0v) is 14.3. The van der Waals surface area contributed by atoms with Gasteiger partial charge in [-0.1, -0.05) is 23.7 Å². The van der Waals surface area contributed by atoms with Crippen molar-refractivity contribution >= 4 is 34.8 Å². The maximum absolute atomic E-state index is 9.57. The number of amidine groups is 1. The predicted octanol–water partition coefficient (Wildman–Crippen LogP) is 1.81. The van der Waals surface area contributed by atoms with Crippen molar-refractivity contribution in [3.05, 3.63) is 40.7 Å². The van der Waals surface area contributed by atoms with E-state index in [1.807, 2.05) is 17.0 Å². The number of aliphatic imine (C=N–C) groups is 1. The van der Waals surface area contributed by atoms with E-state index in [1.54, 1.807) is 12.1 Å². The van der Waals surface area contributed by atoms with Gasteiger partial charge < -0.3 is 21.5 Å². The van der Waals surface area contributed by atoms with Gasteiger partial charge in [-0.05, 0) is 25.0 Å². The summed E-state index contributed by atoms with van der Waals surface area (Å²) in [5.41, 5.74) is 13.3.